The van der Waals surface area contributed by atoms with Crippen LogP contribution in [0.4, 0.5) is 0 Å². The smallest absolute Gasteiger partial charge is 0.462 e. The minimum absolute atomic E-state index is 0.0318. The maximum absolute atomic E-state index is 13.8. The van der Waals surface area contributed by atoms with Gasteiger partial charge in [-0.3, -0.25) is 28.0 Å². The normalized spacial score (nSPS) is 30.3. The van der Waals surface area contributed by atoms with E-state index in [0.717, 1.165) is 63.5 Å². The summed E-state index contributed by atoms with van der Waals surface area (Å²) >= 11 is 0. The molecule has 0 aromatic heterocycles. The molecule has 2 bridgehead atoms. The number of rotatable bonds is 24. The Morgan fingerprint density at radius 3 is 2.13 bits per heavy atom. The van der Waals surface area contributed by atoms with Gasteiger partial charge in [0.1, 0.15) is 31.0 Å². The minimum atomic E-state index is -5.75. The number of phosphoric acid groups is 2. The van der Waals surface area contributed by atoms with Crippen LogP contribution < -0.4 is 0 Å². The number of fused-ring (bicyclic) bond motifs is 4. The standard InChI is InChI=1S/C47H80O18P2/c1-3-5-7-8-9-10-11-12-13-14-15-16-17-18-24-28-41(51)63-37-33-61-40(50)27-23-20-19-22-25-35-29-32-39(49)38(31-30-36(48)26-21-6-4-2)43(53)46(64-66(56,57)58)47(45(55)44(54)42(35)52)65-67(59,60)62-34-37/h12-13,19,22,29-32,35-38,42-48,52-55H,3-11,14-18,20-21,23-28,33-34H2,1-2H3,(H,59,60)(H2,56,57,58)/b13-12-,22-19-,31-30?,32-29-/t35-,36-,37+,38-,42+,43+,44-,45+,46+,47-/m0/s1. The van der Waals surface area contributed by atoms with Gasteiger partial charge in [-0.05, 0) is 63.9 Å². The first-order chi connectivity index (χ1) is 31.9. The molecule has 0 aromatic rings. The summed E-state index contributed by atoms with van der Waals surface area (Å²) in [6.07, 6.45) is 11.5. The van der Waals surface area contributed by atoms with Crippen LogP contribution in [0, 0.1) is 11.8 Å². The zero-order valence-electron chi connectivity index (χ0n) is 39.4. The molecule has 1 aliphatic carbocycles. The predicted molar refractivity (Wildman–Crippen MR) is 250 cm³/mol. The fourth-order valence-electron chi connectivity index (χ4n) is 7.69. The lowest BCUT2D eigenvalue weighted by molar-refractivity contribution is -0.163. The molecule has 1 unspecified atom stereocenters. The summed E-state index contributed by atoms with van der Waals surface area (Å²) in [4.78, 5) is 70.4. The highest BCUT2D eigenvalue weighted by Crippen LogP contribution is 2.49. The van der Waals surface area contributed by atoms with Crippen molar-refractivity contribution in [2.45, 2.75) is 204 Å². The number of phosphoric ester groups is 2. The fourth-order valence-corrected chi connectivity index (χ4v) is 9.22. The Bertz CT molecular complexity index is 1630. The largest absolute Gasteiger partial charge is 0.472 e. The van der Waals surface area contributed by atoms with Crippen LogP contribution in [-0.4, -0.2) is 120 Å². The van der Waals surface area contributed by atoms with Crippen molar-refractivity contribution in [1.29, 1.82) is 0 Å². The third-order valence-corrected chi connectivity index (χ3v) is 13.1. The van der Waals surface area contributed by atoms with Gasteiger partial charge in [-0.1, -0.05) is 127 Å². The van der Waals surface area contributed by atoms with E-state index in [1.807, 2.05) is 6.92 Å². The van der Waals surface area contributed by atoms with Crippen LogP contribution >= 0.6 is 15.6 Å². The van der Waals surface area contributed by atoms with Gasteiger partial charge in [0.25, 0.3) is 0 Å². The highest BCUT2D eigenvalue weighted by molar-refractivity contribution is 7.47. The van der Waals surface area contributed by atoms with Crippen LogP contribution in [0.1, 0.15) is 155 Å². The molecule has 386 valence electrons. The Labute approximate surface area is 396 Å². The first-order valence-corrected chi connectivity index (χ1v) is 27.3. The summed E-state index contributed by atoms with van der Waals surface area (Å²) in [5, 5.41) is 56.5. The topological polar surface area (TPSA) is 293 Å². The predicted octanol–water partition coefficient (Wildman–Crippen LogP) is 6.90. The molecule has 20 heteroatoms. The van der Waals surface area contributed by atoms with Crippen molar-refractivity contribution < 1.29 is 86.8 Å². The highest BCUT2D eigenvalue weighted by atomic mass is 31.2. The number of ketones is 1. The maximum Gasteiger partial charge on any atom is 0.472 e. The quantitative estimate of drug-likeness (QED) is 0.0211. The van der Waals surface area contributed by atoms with Crippen molar-refractivity contribution in [3.63, 3.8) is 0 Å². The second-order valence-corrected chi connectivity index (χ2v) is 20.1. The van der Waals surface area contributed by atoms with Gasteiger partial charge >= 0.3 is 27.6 Å². The zero-order valence-corrected chi connectivity index (χ0v) is 41.2. The summed E-state index contributed by atoms with van der Waals surface area (Å²) in [7, 11) is -11.4. The SMILES string of the molecule is CCCCCCCC/C=C\CCCCCCCC(=O)O[C@@H]1COC(=O)CCC/C=C\C[C@H]2/C=C\C(=O)[C@H](C=C[C@@H](O)CCCCC)[C@@H](O)[C@@H](OP(=O)(O)O)[C@@H](OP(=O)(O)OC1)[C@H](O)[C@@H](O)[C@@H]2O. The molecular weight excluding hydrogens is 914 g/mol. The molecule has 0 spiro atoms. The molecule has 2 rings (SSSR count). The Balaban J connectivity index is 2.33. The molecule has 0 amide bonds. The molecule has 11 atom stereocenters. The van der Waals surface area contributed by atoms with Crippen molar-refractivity contribution in [1.82, 2.24) is 0 Å². The number of ether oxygens (including phenoxy) is 2. The van der Waals surface area contributed by atoms with Crippen molar-refractivity contribution in [2.24, 2.45) is 11.8 Å². The van der Waals surface area contributed by atoms with E-state index in [9.17, 15) is 63.7 Å². The summed E-state index contributed by atoms with van der Waals surface area (Å²) in [5.41, 5.74) is 0. The molecule has 0 fully saturated rings. The number of hydrogen-bond acceptors (Lipinski definition) is 15. The van der Waals surface area contributed by atoms with Crippen LogP contribution in [0.15, 0.2) is 48.6 Å². The van der Waals surface area contributed by atoms with Crippen molar-refractivity contribution in [2.75, 3.05) is 13.2 Å². The molecule has 67 heavy (non-hydrogen) atoms. The lowest BCUT2D eigenvalue weighted by atomic mass is 9.87. The number of hydrogen-bond donors (Lipinski definition) is 8. The average Bonchev–Trinajstić information content (AvgIpc) is 3.28. The van der Waals surface area contributed by atoms with Crippen molar-refractivity contribution in [3.8, 4) is 0 Å². The monoisotopic (exact) mass is 994 g/mol. The molecule has 2 aliphatic rings. The average molecular weight is 995 g/mol. The lowest BCUT2D eigenvalue weighted by Crippen LogP contribution is -2.56. The summed E-state index contributed by atoms with van der Waals surface area (Å²) < 4.78 is 52.1. The van der Waals surface area contributed by atoms with Crippen LogP contribution in [-0.2, 0) is 46.6 Å². The first-order valence-electron chi connectivity index (χ1n) is 24.2. The van der Waals surface area contributed by atoms with E-state index in [1.165, 1.54) is 50.7 Å². The lowest BCUT2D eigenvalue weighted by Gasteiger charge is -2.38. The van der Waals surface area contributed by atoms with E-state index in [-0.39, 0.29) is 25.7 Å². The number of aliphatic hydroxyl groups excluding tert-OH is 5. The zero-order chi connectivity index (χ0) is 49.7. The number of carbonyl (C=O) groups excluding carboxylic acids is 3. The number of carbonyl (C=O) groups is 3. The van der Waals surface area contributed by atoms with E-state index < -0.39 is 107 Å². The number of esters is 2. The third kappa shape index (κ3) is 26.4. The van der Waals surface area contributed by atoms with Gasteiger partial charge < -0.3 is 49.7 Å². The minimum Gasteiger partial charge on any atom is -0.462 e. The van der Waals surface area contributed by atoms with Crippen LogP contribution in [0.25, 0.3) is 0 Å². The van der Waals surface area contributed by atoms with Crippen LogP contribution in [0.2, 0.25) is 0 Å². The van der Waals surface area contributed by atoms with E-state index >= 15 is 0 Å². The Kier molecular flexibility index (Phi) is 30.8. The van der Waals surface area contributed by atoms with Gasteiger partial charge in [0.05, 0.1) is 30.8 Å². The van der Waals surface area contributed by atoms with Gasteiger partial charge in [0, 0.05) is 18.8 Å². The molecule has 18 nitrogen and oxygen atoms in total. The number of aliphatic hydroxyl groups is 5. The molecule has 0 saturated heterocycles. The summed E-state index contributed by atoms with van der Waals surface area (Å²) in [5.74, 6) is -5.31. The molecule has 1 aliphatic heterocycles. The van der Waals surface area contributed by atoms with Gasteiger partial charge in [0.15, 0.2) is 11.9 Å². The highest BCUT2D eigenvalue weighted by Gasteiger charge is 2.50. The molecule has 1 heterocycles. The van der Waals surface area contributed by atoms with E-state index in [2.05, 4.69) is 19.1 Å². The van der Waals surface area contributed by atoms with Crippen molar-refractivity contribution >= 4 is 33.4 Å². The summed E-state index contributed by atoms with van der Waals surface area (Å²) in [6, 6.07) is 0. The van der Waals surface area contributed by atoms with Gasteiger partial charge in [-0.25, -0.2) is 9.13 Å². The van der Waals surface area contributed by atoms with E-state index in [4.69, 9.17) is 23.0 Å². The van der Waals surface area contributed by atoms with E-state index in [1.54, 1.807) is 12.2 Å². The Hall–Kier alpha value is -2.41. The van der Waals surface area contributed by atoms with Crippen LogP contribution in [0.3, 0.4) is 0 Å². The second kappa shape index (κ2) is 34.0. The van der Waals surface area contributed by atoms with E-state index in [0.29, 0.717) is 25.7 Å². The number of cyclic esters (lactones) is 1. The molecule has 0 saturated carbocycles. The van der Waals surface area contributed by atoms with Gasteiger partial charge in [0.2, 0.25) is 0 Å². The Morgan fingerprint density at radius 1 is 0.851 bits per heavy atom. The number of allylic oxidation sites excluding steroid dienone is 5. The molecule has 8 N–H and O–H groups in total. The fraction of sp³-hybridized carbons (Fsp3) is 0.766. The third-order valence-electron chi connectivity index (χ3n) is 11.6. The van der Waals surface area contributed by atoms with Gasteiger partial charge in [-0.15, -0.1) is 0 Å². The molecule has 0 radical (unpaired) electrons. The van der Waals surface area contributed by atoms with Crippen LogP contribution in [0.5, 0.6) is 0 Å². The molecular formula is C47H80O18P2. The second-order valence-electron chi connectivity index (χ2n) is 17.5. The van der Waals surface area contributed by atoms with Gasteiger partial charge in [-0.2, -0.15) is 0 Å². The maximum atomic E-state index is 13.8. The first kappa shape index (κ1) is 60.7. The van der Waals surface area contributed by atoms with Crippen molar-refractivity contribution in [3.05, 3.63) is 48.6 Å². The Morgan fingerprint density at radius 2 is 1.48 bits per heavy atom. The summed E-state index contributed by atoms with van der Waals surface area (Å²) in [6.45, 7) is 2.59. The molecule has 0 aromatic carbocycles. The number of unbranched alkanes of at least 4 members (excludes halogenated alkanes) is 13.